The van der Waals surface area contributed by atoms with Crippen LogP contribution < -0.4 is 26.5 Å². The van der Waals surface area contributed by atoms with Crippen LogP contribution in [0.25, 0.3) is 96.0 Å². The van der Waals surface area contributed by atoms with E-state index in [2.05, 4.69) is 332 Å². The first-order valence-corrected chi connectivity index (χ1v) is 39.8. The highest BCUT2D eigenvalue weighted by atomic mass is 32.1. The molecule has 0 atom stereocenters. The molecule has 476 valence electrons. The summed E-state index contributed by atoms with van der Waals surface area (Å²) >= 11 is 3.79. The Hall–Kier alpha value is -8.98. The summed E-state index contributed by atoms with van der Waals surface area (Å²) < 4.78 is 5.19. The molecule has 0 bridgehead atoms. The van der Waals surface area contributed by atoms with E-state index in [0.717, 1.165) is 28.1 Å². The number of hydrogen-bond donors (Lipinski definition) is 0. The number of pyridine rings is 2. The lowest BCUT2D eigenvalue weighted by molar-refractivity contribution is 0.569. The normalized spacial score (nSPS) is 14.2. The van der Waals surface area contributed by atoms with Gasteiger partial charge in [-0.2, -0.15) is 0 Å². The van der Waals surface area contributed by atoms with Gasteiger partial charge >= 0.3 is 0 Å². The molecule has 3 nitrogen and oxygen atoms in total. The van der Waals surface area contributed by atoms with Crippen LogP contribution in [0.2, 0.25) is 19.6 Å². The second kappa shape index (κ2) is 21.5. The lowest BCUT2D eigenvalue weighted by Crippen LogP contribution is -2.65. The van der Waals surface area contributed by atoms with Crippen LogP contribution in [0.15, 0.2) is 225 Å². The number of aromatic nitrogens is 2. The Morgan fingerprint density at radius 3 is 1.34 bits per heavy atom. The molecule has 14 aromatic rings. The van der Waals surface area contributed by atoms with Gasteiger partial charge in [0.15, 0.2) is 0 Å². The van der Waals surface area contributed by atoms with Gasteiger partial charge in [-0.3, -0.25) is 9.97 Å². The first kappa shape index (κ1) is 61.6. The summed E-state index contributed by atoms with van der Waals surface area (Å²) in [5, 5.41) is 6.63. The minimum Gasteiger partial charge on any atom is -0.310 e. The molecule has 7 heteroatoms. The molecule has 4 aromatic heterocycles. The molecule has 10 aromatic carbocycles. The number of thiophene rings is 2. The standard InChI is InChI=1S/C90H82BN3S2Si/c1-86(2,3)59-33-37-70-68(47-59)69-48-60(87(4,5)6)34-38-71(69)90(70)72-43-53(57-31-41-82(92-51-57)88(7,8)9)29-39-74(72)91-75-44-54(58-32-42-83(93-52-58)89(10,11)12)30-40-76(75)94(77-50-61(97(13,14)15)49-73(90)84(77)91)85-62(55-27-35-66-64-21-16-18-25-78(64)95-80(66)45-55)23-20-24-63(85)56-28-36-67-65-22-17-19-26-79(65)96-81(67)46-56/h16-52H,1-15H3. The van der Waals surface area contributed by atoms with Crippen molar-refractivity contribution in [2.75, 3.05) is 4.90 Å². The summed E-state index contributed by atoms with van der Waals surface area (Å²) in [6, 6.07) is 84.1. The summed E-state index contributed by atoms with van der Waals surface area (Å²) in [6.45, 7) is 35.2. The number of nitrogens with zero attached hydrogens (tertiary/aromatic N) is 3. The van der Waals surface area contributed by atoms with Gasteiger partial charge < -0.3 is 4.90 Å². The van der Waals surface area contributed by atoms with Gasteiger partial charge in [-0.1, -0.05) is 277 Å². The average Bonchev–Trinajstić information content (AvgIpc) is 1.63. The van der Waals surface area contributed by atoms with Gasteiger partial charge in [0.25, 0.3) is 0 Å². The van der Waals surface area contributed by atoms with Crippen molar-refractivity contribution in [1.29, 1.82) is 0 Å². The van der Waals surface area contributed by atoms with Crippen LogP contribution >= 0.6 is 22.7 Å². The van der Waals surface area contributed by atoms with Crippen LogP contribution in [0.4, 0.5) is 17.1 Å². The fourth-order valence-electron chi connectivity index (χ4n) is 16.2. The second-order valence-corrected chi connectivity index (χ2v) is 40.3. The quantitative estimate of drug-likeness (QED) is 0.155. The van der Waals surface area contributed by atoms with Crippen molar-refractivity contribution in [3.8, 4) is 55.6 Å². The molecule has 2 aliphatic heterocycles. The van der Waals surface area contributed by atoms with E-state index in [4.69, 9.17) is 9.97 Å². The Bertz CT molecular complexity index is 5420. The van der Waals surface area contributed by atoms with Gasteiger partial charge in [-0.25, -0.2) is 0 Å². The maximum Gasteiger partial charge on any atom is 0.247 e. The minimum atomic E-state index is -2.21. The Kier molecular flexibility index (Phi) is 13.7. The van der Waals surface area contributed by atoms with Crippen molar-refractivity contribution in [2.24, 2.45) is 0 Å². The molecule has 0 N–H and O–H groups in total. The largest absolute Gasteiger partial charge is 0.310 e. The van der Waals surface area contributed by atoms with Crippen LogP contribution in [-0.2, 0) is 27.1 Å². The molecule has 97 heavy (non-hydrogen) atoms. The maximum atomic E-state index is 5.22. The van der Waals surface area contributed by atoms with Gasteiger partial charge in [0.1, 0.15) is 0 Å². The highest BCUT2D eigenvalue weighted by Gasteiger charge is 2.56. The first-order chi connectivity index (χ1) is 46.2. The predicted octanol–water partition coefficient (Wildman–Crippen LogP) is 22.6. The van der Waals surface area contributed by atoms with E-state index in [1.165, 1.54) is 151 Å². The second-order valence-electron chi connectivity index (χ2n) is 33.0. The fourth-order valence-corrected chi connectivity index (χ4v) is 19.7. The van der Waals surface area contributed by atoms with E-state index in [1.807, 2.05) is 22.7 Å². The average molecular weight is 1310 g/mol. The Balaban J connectivity index is 1.03. The molecule has 3 aliphatic rings. The van der Waals surface area contributed by atoms with Crippen molar-refractivity contribution < 1.29 is 0 Å². The topological polar surface area (TPSA) is 29.0 Å². The van der Waals surface area contributed by atoms with Gasteiger partial charge in [0.05, 0.1) is 19.2 Å². The van der Waals surface area contributed by atoms with Crippen molar-refractivity contribution in [2.45, 2.75) is 130 Å². The number of rotatable bonds is 6. The highest BCUT2D eigenvalue weighted by molar-refractivity contribution is 7.26. The number of hydrogen-bond acceptors (Lipinski definition) is 5. The first-order valence-electron chi connectivity index (χ1n) is 34.7. The summed E-state index contributed by atoms with van der Waals surface area (Å²) in [5.41, 5.74) is 28.7. The lowest BCUT2D eigenvalue weighted by Gasteiger charge is -2.49. The van der Waals surface area contributed by atoms with E-state index in [-0.39, 0.29) is 28.4 Å². The molecule has 17 rings (SSSR count). The number of para-hydroxylation sites is 1. The van der Waals surface area contributed by atoms with Crippen molar-refractivity contribution in [3.05, 3.63) is 269 Å². The predicted molar refractivity (Wildman–Crippen MR) is 424 cm³/mol. The summed E-state index contributed by atoms with van der Waals surface area (Å²) in [6.07, 6.45) is 4.24. The zero-order valence-corrected chi connectivity index (χ0v) is 61.2. The molecule has 0 saturated carbocycles. The third-order valence-corrected chi connectivity index (χ3v) is 25.8. The van der Waals surface area contributed by atoms with E-state index < -0.39 is 13.5 Å². The molecule has 1 spiro atoms. The Morgan fingerprint density at radius 2 is 0.845 bits per heavy atom. The van der Waals surface area contributed by atoms with Crippen LogP contribution in [-0.4, -0.2) is 24.8 Å². The number of fused-ring (bicyclic) bond motifs is 17. The van der Waals surface area contributed by atoms with E-state index >= 15 is 0 Å². The third kappa shape index (κ3) is 9.67. The molecule has 0 radical (unpaired) electrons. The fraction of sp³-hybridized carbons (Fsp3) is 0.222. The SMILES string of the molecule is CC(C)(C)c1ccc2c(c1)-c1cc(C(C)(C)C)ccc1C21c2cc(-c3ccc(C(C)(C)C)nc3)ccc2B2c3cc(-c4ccc(C(C)(C)C)nc4)ccc3N(c3c(-c4ccc5c(c4)sc4ccccc45)cccc3-c3ccc4c(c3)sc3ccccc34)c3cc([Si](C)(C)C)cc1c32. The summed E-state index contributed by atoms with van der Waals surface area (Å²) in [5.74, 6) is 0. The highest BCUT2D eigenvalue weighted by Crippen LogP contribution is 2.60. The smallest absolute Gasteiger partial charge is 0.247 e. The van der Waals surface area contributed by atoms with Gasteiger partial charge in [-0.15, -0.1) is 22.7 Å². The number of benzene rings is 10. The lowest BCUT2D eigenvalue weighted by atomic mass is 9.29. The Morgan fingerprint density at radius 1 is 0.361 bits per heavy atom. The van der Waals surface area contributed by atoms with Crippen LogP contribution in [0.3, 0.4) is 0 Å². The van der Waals surface area contributed by atoms with Crippen molar-refractivity contribution in [1.82, 2.24) is 9.97 Å². The minimum absolute atomic E-state index is 0.0863. The van der Waals surface area contributed by atoms with Crippen LogP contribution in [0, 0.1) is 0 Å². The zero-order valence-electron chi connectivity index (χ0n) is 58.6. The summed E-state index contributed by atoms with van der Waals surface area (Å²) in [4.78, 5) is 13.2. The molecule has 6 heterocycles. The molecule has 0 unspecified atom stereocenters. The molecular weight excluding hydrogens is 1230 g/mol. The van der Waals surface area contributed by atoms with Crippen molar-refractivity contribution >= 4 is 116 Å². The molecule has 0 amide bonds. The number of anilines is 3. The van der Waals surface area contributed by atoms with Crippen LogP contribution in [0.5, 0.6) is 0 Å². The Labute approximate surface area is 582 Å². The zero-order chi connectivity index (χ0) is 67.2. The molecule has 0 fully saturated rings. The third-order valence-electron chi connectivity index (χ3n) is 21.5. The monoisotopic (exact) mass is 1310 g/mol. The van der Waals surface area contributed by atoms with E-state index in [9.17, 15) is 0 Å². The van der Waals surface area contributed by atoms with Gasteiger partial charge in [0, 0.05) is 103 Å². The van der Waals surface area contributed by atoms with E-state index in [1.54, 1.807) is 0 Å². The molecular formula is C90H82BN3S2Si. The van der Waals surface area contributed by atoms with E-state index in [0.29, 0.717) is 0 Å². The van der Waals surface area contributed by atoms with Crippen LogP contribution in [0.1, 0.15) is 128 Å². The maximum absolute atomic E-state index is 5.22. The molecule has 1 aliphatic carbocycles. The van der Waals surface area contributed by atoms with Gasteiger partial charge in [0.2, 0.25) is 6.71 Å². The summed E-state index contributed by atoms with van der Waals surface area (Å²) in [7, 11) is -2.21. The van der Waals surface area contributed by atoms with Crippen molar-refractivity contribution in [3.63, 3.8) is 0 Å². The van der Waals surface area contributed by atoms with Gasteiger partial charge in [-0.05, 0) is 143 Å². The molecule has 0 saturated heterocycles.